The molecule has 1 saturated heterocycles. The third kappa shape index (κ3) is 2.31. The maximum absolute atomic E-state index is 4.50. The molecule has 94 valence electrons. The van der Waals surface area contributed by atoms with Gasteiger partial charge in [0.1, 0.15) is 5.82 Å². The second-order valence-electron chi connectivity index (χ2n) is 5.07. The highest BCUT2D eigenvalue weighted by Gasteiger charge is 2.14. The Morgan fingerprint density at radius 2 is 2.28 bits per heavy atom. The summed E-state index contributed by atoms with van der Waals surface area (Å²) in [5, 5.41) is 9.48. The Morgan fingerprint density at radius 1 is 1.33 bits per heavy atom. The zero-order valence-corrected chi connectivity index (χ0v) is 10.7. The average molecular weight is 241 g/mol. The highest BCUT2D eigenvalue weighted by molar-refractivity contribution is 5.92. The van der Waals surface area contributed by atoms with E-state index in [9.17, 15) is 0 Å². The minimum atomic E-state index is 0.498. The maximum Gasteiger partial charge on any atom is 0.134 e. The topological polar surface area (TPSA) is 37.0 Å². The van der Waals surface area contributed by atoms with Gasteiger partial charge in [-0.1, -0.05) is 17.7 Å². The first-order valence-electron chi connectivity index (χ1n) is 6.65. The second-order valence-corrected chi connectivity index (χ2v) is 5.07. The van der Waals surface area contributed by atoms with E-state index in [-0.39, 0.29) is 0 Å². The lowest BCUT2D eigenvalue weighted by Gasteiger charge is -2.24. The Labute approximate surface area is 108 Å². The van der Waals surface area contributed by atoms with Crippen molar-refractivity contribution in [2.24, 2.45) is 0 Å². The van der Waals surface area contributed by atoms with Gasteiger partial charge in [-0.25, -0.2) is 4.98 Å². The van der Waals surface area contributed by atoms with Crippen molar-refractivity contribution in [1.29, 1.82) is 0 Å². The van der Waals surface area contributed by atoms with Crippen molar-refractivity contribution in [3.8, 4) is 0 Å². The van der Waals surface area contributed by atoms with Gasteiger partial charge in [-0.3, -0.25) is 0 Å². The lowest BCUT2D eigenvalue weighted by atomic mass is 10.1. The number of rotatable bonds is 2. The number of hydrogen-bond donors (Lipinski definition) is 2. The van der Waals surface area contributed by atoms with E-state index in [1.807, 2.05) is 6.20 Å². The van der Waals surface area contributed by atoms with Crippen LogP contribution in [0.5, 0.6) is 0 Å². The Bertz CT molecular complexity index is 544. The zero-order chi connectivity index (χ0) is 12.4. The van der Waals surface area contributed by atoms with Crippen LogP contribution in [0.1, 0.15) is 18.4 Å². The van der Waals surface area contributed by atoms with Gasteiger partial charge in [-0.15, -0.1) is 0 Å². The van der Waals surface area contributed by atoms with Crippen LogP contribution in [-0.4, -0.2) is 24.1 Å². The van der Waals surface area contributed by atoms with Crippen LogP contribution in [0, 0.1) is 6.92 Å². The molecule has 0 radical (unpaired) electrons. The molecule has 2 N–H and O–H groups in total. The van der Waals surface area contributed by atoms with Crippen LogP contribution in [-0.2, 0) is 0 Å². The maximum atomic E-state index is 4.50. The molecule has 2 aromatic rings. The largest absolute Gasteiger partial charge is 0.366 e. The molecule has 1 aromatic carbocycles. The molecule has 0 amide bonds. The minimum absolute atomic E-state index is 0.498. The van der Waals surface area contributed by atoms with Crippen LogP contribution < -0.4 is 10.6 Å². The molecule has 3 rings (SSSR count). The summed E-state index contributed by atoms with van der Waals surface area (Å²) in [5.74, 6) is 1.02. The minimum Gasteiger partial charge on any atom is -0.366 e. The third-order valence-electron chi connectivity index (χ3n) is 3.56. The van der Waals surface area contributed by atoms with Gasteiger partial charge in [0.05, 0.1) is 0 Å². The number of piperidine rings is 1. The highest BCUT2D eigenvalue weighted by Crippen LogP contribution is 2.23. The molecule has 0 bridgehead atoms. The van der Waals surface area contributed by atoms with Crippen LogP contribution in [0.25, 0.3) is 10.8 Å². The van der Waals surface area contributed by atoms with Crippen molar-refractivity contribution in [2.75, 3.05) is 18.4 Å². The molecule has 1 aliphatic heterocycles. The van der Waals surface area contributed by atoms with E-state index in [0.717, 1.165) is 18.9 Å². The summed E-state index contributed by atoms with van der Waals surface area (Å²) >= 11 is 0. The molecule has 3 nitrogen and oxygen atoms in total. The van der Waals surface area contributed by atoms with E-state index in [0.29, 0.717) is 6.04 Å². The van der Waals surface area contributed by atoms with Crippen LogP contribution >= 0.6 is 0 Å². The van der Waals surface area contributed by atoms with Crippen molar-refractivity contribution in [3.63, 3.8) is 0 Å². The highest BCUT2D eigenvalue weighted by atomic mass is 15.1. The fourth-order valence-electron chi connectivity index (χ4n) is 2.57. The van der Waals surface area contributed by atoms with Gasteiger partial charge in [0.15, 0.2) is 0 Å². The van der Waals surface area contributed by atoms with Gasteiger partial charge in [-0.2, -0.15) is 0 Å². The van der Waals surface area contributed by atoms with Gasteiger partial charge in [0, 0.05) is 24.2 Å². The predicted molar refractivity (Wildman–Crippen MR) is 76.0 cm³/mol. The number of anilines is 1. The van der Waals surface area contributed by atoms with Crippen molar-refractivity contribution >= 4 is 16.6 Å². The number of aromatic nitrogens is 1. The molecule has 0 saturated carbocycles. The Morgan fingerprint density at radius 3 is 3.11 bits per heavy atom. The first-order chi connectivity index (χ1) is 8.83. The SMILES string of the molecule is Cc1ccc2ccnc(NC3CCCNC3)c2c1. The summed E-state index contributed by atoms with van der Waals surface area (Å²) in [5.41, 5.74) is 1.28. The van der Waals surface area contributed by atoms with Crippen LogP contribution in [0.3, 0.4) is 0 Å². The normalized spacial score (nSPS) is 19.9. The van der Waals surface area contributed by atoms with Crippen molar-refractivity contribution in [1.82, 2.24) is 10.3 Å². The van der Waals surface area contributed by atoms with Gasteiger partial charge >= 0.3 is 0 Å². The van der Waals surface area contributed by atoms with Gasteiger partial charge in [0.25, 0.3) is 0 Å². The Kier molecular flexibility index (Phi) is 3.15. The molecule has 1 aliphatic rings. The molecule has 1 unspecified atom stereocenters. The summed E-state index contributed by atoms with van der Waals surface area (Å²) in [7, 11) is 0. The Hall–Kier alpha value is -1.61. The van der Waals surface area contributed by atoms with E-state index >= 15 is 0 Å². The fourth-order valence-corrected chi connectivity index (χ4v) is 2.57. The van der Waals surface area contributed by atoms with E-state index in [4.69, 9.17) is 0 Å². The van der Waals surface area contributed by atoms with Crippen molar-refractivity contribution in [3.05, 3.63) is 36.0 Å². The Balaban J connectivity index is 1.92. The summed E-state index contributed by atoms with van der Waals surface area (Å²) in [4.78, 5) is 4.50. The summed E-state index contributed by atoms with van der Waals surface area (Å²) in [6.45, 7) is 4.29. The monoisotopic (exact) mass is 241 g/mol. The zero-order valence-electron chi connectivity index (χ0n) is 10.7. The summed E-state index contributed by atoms with van der Waals surface area (Å²) < 4.78 is 0. The lowest BCUT2D eigenvalue weighted by Crippen LogP contribution is -2.38. The molecule has 1 fully saturated rings. The fraction of sp³-hybridized carbons (Fsp3) is 0.400. The molecule has 0 aliphatic carbocycles. The third-order valence-corrected chi connectivity index (χ3v) is 3.56. The molecular formula is C15H19N3. The number of nitrogens with one attached hydrogen (secondary N) is 2. The van der Waals surface area contributed by atoms with Gasteiger partial charge < -0.3 is 10.6 Å². The number of fused-ring (bicyclic) bond motifs is 1. The number of hydrogen-bond acceptors (Lipinski definition) is 3. The number of pyridine rings is 1. The molecule has 0 spiro atoms. The van der Waals surface area contributed by atoms with Crippen molar-refractivity contribution in [2.45, 2.75) is 25.8 Å². The standard InChI is InChI=1S/C15H19N3/c1-11-4-5-12-6-8-17-15(14(12)9-11)18-13-3-2-7-16-10-13/h4-6,8-9,13,16H,2-3,7,10H2,1H3,(H,17,18). The lowest BCUT2D eigenvalue weighted by molar-refractivity contribution is 0.479. The predicted octanol–water partition coefficient (Wildman–Crippen LogP) is 2.71. The van der Waals surface area contributed by atoms with E-state index in [1.54, 1.807) is 0 Å². The number of nitrogens with zero attached hydrogens (tertiary/aromatic N) is 1. The average Bonchev–Trinajstić information content (AvgIpc) is 2.41. The van der Waals surface area contributed by atoms with Crippen LogP contribution in [0.15, 0.2) is 30.5 Å². The number of aryl methyl sites for hydroxylation is 1. The van der Waals surface area contributed by atoms with Gasteiger partial charge in [-0.05, 0) is 43.8 Å². The second kappa shape index (κ2) is 4.94. The quantitative estimate of drug-likeness (QED) is 0.849. The first kappa shape index (κ1) is 11.5. The van der Waals surface area contributed by atoms with E-state index < -0.39 is 0 Å². The molecule has 2 heterocycles. The number of benzene rings is 1. The van der Waals surface area contributed by atoms with E-state index in [1.165, 1.54) is 29.2 Å². The van der Waals surface area contributed by atoms with Gasteiger partial charge in [0.2, 0.25) is 0 Å². The molecule has 1 aromatic heterocycles. The van der Waals surface area contributed by atoms with Crippen LogP contribution in [0.2, 0.25) is 0 Å². The summed E-state index contributed by atoms with van der Waals surface area (Å²) in [6, 6.07) is 9.09. The summed E-state index contributed by atoms with van der Waals surface area (Å²) in [6.07, 6.45) is 4.34. The molecule has 1 atom stereocenters. The van der Waals surface area contributed by atoms with Crippen LogP contribution in [0.4, 0.5) is 5.82 Å². The van der Waals surface area contributed by atoms with E-state index in [2.05, 4.69) is 46.8 Å². The molecule has 18 heavy (non-hydrogen) atoms. The first-order valence-corrected chi connectivity index (χ1v) is 6.65. The smallest absolute Gasteiger partial charge is 0.134 e. The molecular weight excluding hydrogens is 222 g/mol. The molecule has 3 heteroatoms. The van der Waals surface area contributed by atoms with Crippen molar-refractivity contribution < 1.29 is 0 Å².